The summed E-state index contributed by atoms with van der Waals surface area (Å²) in [6.07, 6.45) is -1.86. The number of esters is 1. The highest BCUT2D eigenvalue weighted by molar-refractivity contribution is 7.81. The van der Waals surface area contributed by atoms with Gasteiger partial charge in [0.15, 0.2) is 17.5 Å². The Morgan fingerprint density at radius 1 is 1.35 bits per heavy atom. The second-order valence-corrected chi connectivity index (χ2v) is 12.9. The first kappa shape index (κ1) is 23.4. The number of carbonyl (C=O) groups is 2. The minimum atomic E-state index is -4.17. The first-order chi connectivity index (χ1) is 14.1. The number of aliphatic hydroxyl groups is 1. The van der Waals surface area contributed by atoms with Crippen molar-refractivity contribution in [3.05, 3.63) is 12.7 Å². The Kier molecular flexibility index (Phi) is 5.19. The van der Waals surface area contributed by atoms with E-state index in [4.69, 9.17) is 29.8 Å². The molecule has 174 valence electrons. The van der Waals surface area contributed by atoms with E-state index in [1.807, 2.05) is 13.8 Å². The van der Waals surface area contributed by atoms with Crippen LogP contribution in [-0.2, 0) is 32.7 Å². The van der Waals surface area contributed by atoms with Crippen LogP contribution in [0.25, 0.3) is 0 Å². The molecule has 2 saturated carbocycles. The summed E-state index contributed by atoms with van der Waals surface area (Å²) in [5.74, 6) is -1.61. The molecule has 8 nitrogen and oxygen atoms in total. The number of aliphatic hydroxyl groups excluding tert-OH is 1. The molecular weight excluding hydrogens is 447 g/mol. The molecule has 10 heteroatoms. The van der Waals surface area contributed by atoms with E-state index in [1.165, 1.54) is 13.0 Å². The third-order valence-electron chi connectivity index (χ3n) is 7.95. The average molecular weight is 477 g/mol. The monoisotopic (exact) mass is 476 g/mol. The number of hydrogen-bond donors (Lipinski definition) is 1. The molecule has 0 aromatic heterocycles. The topological polar surface area (TPSA) is 108 Å². The van der Waals surface area contributed by atoms with Gasteiger partial charge in [-0.1, -0.05) is 26.8 Å². The molecule has 4 fully saturated rings. The first-order valence-corrected chi connectivity index (χ1v) is 13.0. The highest BCUT2D eigenvalue weighted by atomic mass is 35.7. The molecule has 9 atom stereocenters. The zero-order chi connectivity index (χ0) is 23.2. The van der Waals surface area contributed by atoms with Crippen molar-refractivity contribution in [2.45, 2.75) is 89.5 Å². The summed E-state index contributed by atoms with van der Waals surface area (Å²) in [7, 11) is 0. The molecule has 1 unspecified atom stereocenters. The molecule has 1 N–H and O–H groups in total. The van der Waals surface area contributed by atoms with Gasteiger partial charge in [-0.2, -0.15) is 0 Å². The fourth-order valence-electron chi connectivity index (χ4n) is 6.71. The molecule has 0 amide bonds. The van der Waals surface area contributed by atoms with Crippen molar-refractivity contribution < 1.29 is 37.8 Å². The van der Waals surface area contributed by atoms with Crippen LogP contribution in [0.15, 0.2) is 12.7 Å². The molecule has 2 heterocycles. The summed E-state index contributed by atoms with van der Waals surface area (Å²) in [6, 6.07) is 0. The highest BCUT2D eigenvalue weighted by Crippen LogP contribution is 2.75. The minimum absolute atomic E-state index is 0.0950. The van der Waals surface area contributed by atoms with Crippen molar-refractivity contribution >= 4 is 29.9 Å². The van der Waals surface area contributed by atoms with Gasteiger partial charge in [0.1, 0.15) is 6.10 Å². The zero-order valence-electron chi connectivity index (χ0n) is 18.4. The second-order valence-electron chi connectivity index (χ2n) is 10.4. The van der Waals surface area contributed by atoms with Crippen molar-refractivity contribution in [2.24, 2.45) is 16.7 Å². The van der Waals surface area contributed by atoms with E-state index in [1.54, 1.807) is 13.8 Å². The predicted molar refractivity (Wildman–Crippen MR) is 111 cm³/mol. The maximum Gasteiger partial charge on any atom is 0.425 e. The summed E-state index contributed by atoms with van der Waals surface area (Å²) in [6.45, 7) is 8.27. The van der Waals surface area contributed by atoms with Gasteiger partial charge in [0.2, 0.25) is 0 Å². The van der Waals surface area contributed by atoms with Gasteiger partial charge in [-0.25, -0.2) is 4.57 Å². The lowest BCUT2D eigenvalue weighted by Crippen LogP contribution is -2.83. The van der Waals surface area contributed by atoms with Crippen LogP contribution in [0.1, 0.15) is 53.9 Å². The van der Waals surface area contributed by atoms with Crippen molar-refractivity contribution in [2.75, 3.05) is 0 Å². The van der Waals surface area contributed by atoms with E-state index in [2.05, 4.69) is 6.58 Å². The maximum atomic E-state index is 13.9. The first-order valence-electron chi connectivity index (χ1n) is 10.5. The van der Waals surface area contributed by atoms with E-state index >= 15 is 0 Å². The maximum absolute atomic E-state index is 13.9. The summed E-state index contributed by atoms with van der Waals surface area (Å²) in [5.41, 5.74) is -4.51. The fraction of sp³-hybridized carbons (Fsp3) is 0.810. The number of ketones is 1. The van der Waals surface area contributed by atoms with E-state index in [0.717, 1.165) is 0 Å². The van der Waals surface area contributed by atoms with Crippen LogP contribution in [0.3, 0.4) is 0 Å². The lowest BCUT2D eigenvalue weighted by atomic mass is 9.42. The number of rotatable bonds is 2. The molecule has 2 aliphatic heterocycles. The molecule has 1 spiro atoms. The van der Waals surface area contributed by atoms with Crippen molar-refractivity contribution in [3.63, 3.8) is 0 Å². The average Bonchev–Trinajstić information content (AvgIpc) is 2.62. The van der Waals surface area contributed by atoms with Gasteiger partial charge in [0.05, 0.1) is 17.8 Å². The van der Waals surface area contributed by atoms with Crippen molar-refractivity contribution in [3.8, 4) is 0 Å². The standard InChI is InChI=1S/C21H30ClO8P/c1-7-19(5)10-12(24)21-17(28-19)15(27-11(2)23)14(25)16-18(3,4)9-8-13(20(16,21)6)29-31(22,26)30-21/h7,13-17,25H,1,8-10H2,2-6H3/t13-,14+,15-,16+,17+,19-,20-,21+,31?/m0/s1. The van der Waals surface area contributed by atoms with Gasteiger partial charge in [-0.3, -0.25) is 18.6 Å². The van der Waals surface area contributed by atoms with E-state index in [9.17, 15) is 19.3 Å². The normalized spacial score (nSPS) is 53.1. The number of Topliss-reactive ketones (excluding diaryl/α,β-unsaturated/α-hetero) is 1. The summed E-state index contributed by atoms with van der Waals surface area (Å²) in [5, 5.41) is 11.6. The minimum Gasteiger partial charge on any atom is -0.457 e. The molecule has 31 heavy (non-hydrogen) atoms. The SMILES string of the molecule is C=C[C@@]1(C)CC(=O)[C@@]23OP(=O)(Cl)O[C@H]4CCC(C)(C)[C@@H]([C@H](O)[C@H](OC(C)=O)[C@H]2O1)[C@]43C. The molecule has 0 aromatic rings. The van der Waals surface area contributed by atoms with Crippen molar-refractivity contribution in [1.29, 1.82) is 0 Å². The predicted octanol–water partition coefficient (Wildman–Crippen LogP) is 3.54. The number of ether oxygens (including phenoxy) is 2. The van der Waals surface area contributed by atoms with Gasteiger partial charge >= 0.3 is 12.9 Å². The van der Waals surface area contributed by atoms with E-state index in [0.29, 0.717) is 12.8 Å². The molecule has 0 bridgehead atoms. The third kappa shape index (κ3) is 3.06. The van der Waals surface area contributed by atoms with Gasteiger partial charge in [0, 0.05) is 35.9 Å². The second kappa shape index (κ2) is 6.87. The largest absolute Gasteiger partial charge is 0.457 e. The quantitative estimate of drug-likeness (QED) is 0.366. The number of halogens is 1. The smallest absolute Gasteiger partial charge is 0.425 e. The molecule has 2 aliphatic carbocycles. The number of hydrogen-bond acceptors (Lipinski definition) is 8. The molecular formula is C21H30ClO8P. The van der Waals surface area contributed by atoms with Crippen LogP contribution in [-0.4, -0.2) is 52.5 Å². The van der Waals surface area contributed by atoms with Gasteiger partial charge in [0.25, 0.3) is 0 Å². The van der Waals surface area contributed by atoms with Gasteiger partial charge < -0.3 is 14.6 Å². The summed E-state index contributed by atoms with van der Waals surface area (Å²) < 4.78 is 36.5. The van der Waals surface area contributed by atoms with Crippen LogP contribution in [0, 0.1) is 16.7 Å². The Morgan fingerprint density at radius 2 is 2.00 bits per heavy atom. The molecule has 2 saturated heterocycles. The van der Waals surface area contributed by atoms with Gasteiger partial charge in [-0.15, -0.1) is 6.58 Å². The van der Waals surface area contributed by atoms with Crippen molar-refractivity contribution in [1.82, 2.24) is 0 Å². The molecule has 0 radical (unpaired) electrons. The Hall–Kier alpha value is -0.760. The highest BCUT2D eigenvalue weighted by Gasteiger charge is 2.81. The number of carbonyl (C=O) groups excluding carboxylic acids is 2. The van der Waals surface area contributed by atoms with Crippen LogP contribution >= 0.6 is 18.2 Å². The summed E-state index contributed by atoms with van der Waals surface area (Å²) >= 11 is 6.16. The third-order valence-corrected chi connectivity index (χ3v) is 9.41. The fourth-order valence-corrected chi connectivity index (χ4v) is 8.74. The Bertz CT molecular complexity index is 891. The van der Waals surface area contributed by atoms with Crippen LogP contribution < -0.4 is 0 Å². The zero-order valence-corrected chi connectivity index (χ0v) is 20.1. The lowest BCUT2D eigenvalue weighted by molar-refractivity contribution is -0.339. The van der Waals surface area contributed by atoms with Crippen LogP contribution in [0.2, 0.25) is 0 Å². The van der Waals surface area contributed by atoms with Gasteiger partial charge in [-0.05, 0) is 25.2 Å². The Balaban J connectivity index is 2.01. The molecule has 0 aromatic carbocycles. The lowest BCUT2D eigenvalue weighted by Gasteiger charge is -2.70. The summed E-state index contributed by atoms with van der Waals surface area (Å²) in [4.78, 5) is 25.9. The van der Waals surface area contributed by atoms with E-state index in [-0.39, 0.29) is 12.2 Å². The van der Waals surface area contributed by atoms with Crippen LogP contribution in [0.5, 0.6) is 0 Å². The Morgan fingerprint density at radius 3 is 2.58 bits per heavy atom. The van der Waals surface area contributed by atoms with E-state index < -0.39 is 65.3 Å². The van der Waals surface area contributed by atoms with Crippen LogP contribution in [0.4, 0.5) is 0 Å². The molecule has 4 rings (SSSR count). The Labute approximate surface area is 186 Å². The molecule has 4 aliphatic rings.